The van der Waals surface area contributed by atoms with Gasteiger partial charge in [0, 0.05) is 23.7 Å². The van der Waals surface area contributed by atoms with E-state index in [1.54, 1.807) is 30.6 Å². The number of aromatic nitrogens is 4. The van der Waals surface area contributed by atoms with Crippen molar-refractivity contribution in [2.24, 2.45) is 0 Å². The molecule has 9 heteroatoms. The van der Waals surface area contributed by atoms with Gasteiger partial charge in [0.2, 0.25) is 5.95 Å². The summed E-state index contributed by atoms with van der Waals surface area (Å²) in [5, 5.41) is 6.45. The topological polar surface area (TPSA) is 55.6 Å². The third-order valence-electron chi connectivity index (χ3n) is 3.90. The summed E-state index contributed by atoms with van der Waals surface area (Å²) in [6.07, 6.45) is 0.200. The molecule has 1 aromatic carbocycles. The van der Waals surface area contributed by atoms with Crippen molar-refractivity contribution in [2.75, 3.05) is 5.32 Å². The number of rotatable bonds is 2. The molecule has 1 N–H and O–H groups in total. The number of fused-ring (bicyclic) bond motifs is 1. The molecule has 1 atom stereocenters. The molecule has 2 aromatic heterocycles. The molecule has 3 heterocycles. The monoisotopic (exact) mass is 361 g/mol. The highest BCUT2D eigenvalue weighted by molar-refractivity contribution is 5.76. The minimum atomic E-state index is -4.67. The first-order valence-corrected chi connectivity index (χ1v) is 7.60. The molecule has 0 radical (unpaired) electrons. The molecule has 0 saturated heterocycles. The lowest BCUT2D eigenvalue weighted by molar-refractivity contribution is -0.145. The fourth-order valence-electron chi connectivity index (χ4n) is 2.70. The van der Waals surface area contributed by atoms with Gasteiger partial charge in [0.05, 0.1) is 0 Å². The zero-order chi connectivity index (χ0) is 18.3. The van der Waals surface area contributed by atoms with E-state index in [2.05, 4.69) is 20.4 Å². The number of anilines is 1. The van der Waals surface area contributed by atoms with Gasteiger partial charge in [0.25, 0.3) is 5.82 Å². The van der Waals surface area contributed by atoms with Crippen molar-refractivity contribution in [3.05, 3.63) is 77.6 Å². The second-order valence-electron chi connectivity index (χ2n) is 5.64. The van der Waals surface area contributed by atoms with Crippen LogP contribution in [-0.4, -0.2) is 19.7 Å². The third-order valence-corrected chi connectivity index (χ3v) is 3.90. The van der Waals surface area contributed by atoms with Crippen molar-refractivity contribution >= 4 is 11.6 Å². The van der Waals surface area contributed by atoms with E-state index < -0.39 is 23.9 Å². The van der Waals surface area contributed by atoms with Crippen LogP contribution in [0.15, 0.2) is 54.9 Å². The lowest BCUT2D eigenvalue weighted by Gasteiger charge is -2.24. The molecule has 0 aliphatic carbocycles. The van der Waals surface area contributed by atoms with E-state index in [9.17, 15) is 17.6 Å². The Balaban J connectivity index is 1.84. The highest BCUT2D eigenvalue weighted by atomic mass is 19.4. The average molecular weight is 361 g/mol. The van der Waals surface area contributed by atoms with Crippen LogP contribution in [0.3, 0.4) is 0 Å². The maximum Gasteiger partial charge on any atom is 0.453 e. The molecule has 1 unspecified atom stereocenters. The minimum Gasteiger partial charge on any atom is -0.324 e. The van der Waals surface area contributed by atoms with Crippen molar-refractivity contribution < 1.29 is 17.6 Å². The highest BCUT2D eigenvalue weighted by Crippen LogP contribution is 2.35. The van der Waals surface area contributed by atoms with Crippen LogP contribution in [0.5, 0.6) is 0 Å². The minimum absolute atomic E-state index is 0.0481. The molecular formula is C17H11F4N5. The summed E-state index contributed by atoms with van der Waals surface area (Å²) in [7, 11) is 0. The van der Waals surface area contributed by atoms with E-state index in [1.165, 1.54) is 24.3 Å². The lowest BCUT2D eigenvalue weighted by Crippen LogP contribution is -2.20. The maximum absolute atomic E-state index is 13.2. The van der Waals surface area contributed by atoms with Gasteiger partial charge in [-0.3, -0.25) is 4.98 Å². The number of halogens is 4. The predicted molar refractivity (Wildman–Crippen MR) is 85.4 cm³/mol. The number of hydrogen-bond acceptors (Lipinski definition) is 4. The van der Waals surface area contributed by atoms with Crippen molar-refractivity contribution in [3.8, 4) is 0 Å². The number of nitrogens with zero attached hydrogens (tertiary/aromatic N) is 4. The summed E-state index contributed by atoms with van der Waals surface area (Å²) in [5.74, 6) is -1.73. The van der Waals surface area contributed by atoms with E-state index >= 15 is 0 Å². The Morgan fingerprint density at radius 3 is 2.50 bits per heavy atom. The van der Waals surface area contributed by atoms with Gasteiger partial charge in [-0.1, -0.05) is 12.1 Å². The molecule has 132 valence electrons. The van der Waals surface area contributed by atoms with Crippen LogP contribution in [0.2, 0.25) is 0 Å². The number of allylic oxidation sites excluding steroid dienone is 1. The summed E-state index contributed by atoms with van der Waals surface area (Å²) >= 11 is 0. The number of alkyl halides is 3. The van der Waals surface area contributed by atoms with Gasteiger partial charge in [-0.2, -0.15) is 18.2 Å². The number of benzene rings is 1. The smallest absolute Gasteiger partial charge is 0.324 e. The predicted octanol–water partition coefficient (Wildman–Crippen LogP) is 3.89. The summed E-state index contributed by atoms with van der Waals surface area (Å²) in [6, 6.07) is 8.30. The summed E-state index contributed by atoms with van der Waals surface area (Å²) < 4.78 is 53.5. The van der Waals surface area contributed by atoms with Gasteiger partial charge in [-0.15, -0.1) is 5.10 Å². The molecule has 0 spiro atoms. The Morgan fingerprint density at radius 1 is 1.08 bits per heavy atom. The zero-order valence-corrected chi connectivity index (χ0v) is 13.1. The van der Waals surface area contributed by atoms with Gasteiger partial charge in [0.15, 0.2) is 0 Å². The van der Waals surface area contributed by atoms with E-state index in [-0.39, 0.29) is 5.95 Å². The Labute approximate surface area is 145 Å². The van der Waals surface area contributed by atoms with Crippen LogP contribution in [-0.2, 0) is 6.18 Å². The molecule has 1 aliphatic heterocycles. The van der Waals surface area contributed by atoms with Crippen LogP contribution in [0, 0.1) is 5.82 Å². The molecular weight excluding hydrogens is 350 g/mol. The fraction of sp³-hybridized carbons (Fsp3) is 0.118. The summed E-state index contributed by atoms with van der Waals surface area (Å²) in [5.41, 5.74) is 1.80. The number of nitrogens with one attached hydrogen (secondary N) is 1. The fourth-order valence-corrected chi connectivity index (χ4v) is 2.70. The second kappa shape index (κ2) is 5.94. The molecule has 4 rings (SSSR count). The molecule has 26 heavy (non-hydrogen) atoms. The average Bonchev–Trinajstić information content (AvgIpc) is 3.07. The molecule has 0 bridgehead atoms. The zero-order valence-electron chi connectivity index (χ0n) is 13.1. The number of hydrogen-bond donors (Lipinski definition) is 1. The summed E-state index contributed by atoms with van der Waals surface area (Å²) in [6.45, 7) is 0. The standard InChI is InChI=1S/C17H11F4N5/c18-12-5-3-10(4-6-12)14-8-13(11-2-1-7-22-9-11)23-16-24-15(17(19,20)21)25-26(14)16/h1-9,14H,(H,23,24,25). The van der Waals surface area contributed by atoms with Gasteiger partial charge in [-0.05, 0) is 35.9 Å². The second-order valence-corrected chi connectivity index (χ2v) is 5.64. The van der Waals surface area contributed by atoms with Crippen LogP contribution < -0.4 is 5.32 Å². The van der Waals surface area contributed by atoms with Crippen LogP contribution in [0.1, 0.15) is 23.0 Å². The van der Waals surface area contributed by atoms with Gasteiger partial charge < -0.3 is 5.32 Å². The van der Waals surface area contributed by atoms with Crippen LogP contribution >= 0.6 is 0 Å². The Hall–Kier alpha value is -3.23. The molecule has 0 amide bonds. The maximum atomic E-state index is 13.2. The van der Waals surface area contributed by atoms with Crippen LogP contribution in [0.4, 0.5) is 23.5 Å². The van der Waals surface area contributed by atoms with Gasteiger partial charge >= 0.3 is 6.18 Å². The van der Waals surface area contributed by atoms with E-state index in [1.807, 2.05) is 0 Å². The molecule has 3 aromatic rings. The third kappa shape index (κ3) is 2.92. The molecule has 0 fully saturated rings. The quantitative estimate of drug-likeness (QED) is 0.704. The lowest BCUT2D eigenvalue weighted by atomic mass is 10.0. The Kier molecular flexibility index (Phi) is 3.71. The highest BCUT2D eigenvalue weighted by Gasteiger charge is 2.39. The number of pyridine rings is 1. The molecule has 1 aliphatic rings. The van der Waals surface area contributed by atoms with E-state index in [0.29, 0.717) is 16.8 Å². The Bertz CT molecular complexity index is 961. The summed E-state index contributed by atoms with van der Waals surface area (Å²) in [4.78, 5) is 7.59. The largest absolute Gasteiger partial charge is 0.453 e. The van der Waals surface area contributed by atoms with E-state index in [4.69, 9.17) is 0 Å². The van der Waals surface area contributed by atoms with Gasteiger partial charge in [0.1, 0.15) is 11.9 Å². The van der Waals surface area contributed by atoms with Crippen molar-refractivity contribution in [2.45, 2.75) is 12.2 Å². The van der Waals surface area contributed by atoms with Crippen LogP contribution in [0.25, 0.3) is 5.70 Å². The molecule has 5 nitrogen and oxygen atoms in total. The van der Waals surface area contributed by atoms with Crippen molar-refractivity contribution in [1.29, 1.82) is 0 Å². The first-order chi connectivity index (χ1) is 12.4. The molecule has 0 saturated carbocycles. The first-order valence-electron chi connectivity index (χ1n) is 7.60. The van der Waals surface area contributed by atoms with Crippen molar-refractivity contribution in [1.82, 2.24) is 19.7 Å². The van der Waals surface area contributed by atoms with Gasteiger partial charge in [-0.25, -0.2) is 9.07 Å². The Morgan fingerprint density at radius 2 is 1.85 bits per heavy atom. The first kappa shape index (κ1) is 16.2. The van der Waals surface area contributed by atoms with Crippen molar-refractivity contribution in [3.63, 3.8) is 0 Å². The SMILES string of the molecule is Fc1ccc(C2C=C(c3cccnc3)Nc3nc(C(F)(F)F)nn32)cc1. The normalized spacial score (nSPS) is 16.6. The van der Waals surface area contributed by atoms with E-state index in [0.717, 1.165) is 4.68 Å².